The van der Waals surface area contributed by atoms with Gasteiger partial charge in [-0.2, -0.15) is 0 Å². The second-order valence-electron chi connectivity index (χ2n) is 3.00. The molecule has 0 atom stereocenters. The number of nitrogens with zero attached hydrogens (tertiary/aromatic N) is 1. The van der Waals surface area contributed by atoms with Crippen molar-refractivity contribution in [1.82, 2.24) is 0 Å². The van der Waals surface area contributed by atoms with E-state index in [2.05, 4.69) is 0 Å². The molecule has 0 heterocycles. The van der Waals surface area contributed by atoms with Crippen LogP contribution in [0.25, 0.3) is 0 Å². The highest BCUT2D eigenvalue weighted by atomic mass is 16.6. The Morgan fingerprint density at radius 1 is 1.50 bits per heavy atom. The molecule has 2 rings (SSSR count). The Morgan fingerprint density at radius 3 is 3.08 bits per heavy atom. The highest BCUT2D eigenvalue weighted by Crippen LogP contribution is 2.32. The number of rotatable bonds is 1. The van der Waals surface area contributed by atoms with Crippen LogP contribution in [0.3, 0.4) is 0 Å². The number of allylic oxidation sites excluding steroid dienone is 5. The minimum Gasteiger partial charge on any atom is -0.258 e. The minimum absolute atomic E-state index is 0.276. The molecule has 0 bridgehead atoms. The molecule has 0 aromatic heterocycles. The molecule has 3 nitrogen and oxygen atoms in total. The third-order valence-electron chi connectivity index (χ3n) is 2.29. The quantitative estimate of drug-likeness (QED) is 0.439. The molecule has 0 aliphatic heterocycles. The van der Waals surface area contributed by atoms with Crippen molar-refractivity contribution >= 4 is 0 Å². The largest absolute Gasteiger partial charge is 0.269 e. The normalized spacial score (nSPS) is 20.8. The van der Waals surface area contributed by atoms with Crippen LogP contribution in [-0.4, -0.2) is 4.92 Å². The van der Waals surface area contributed by atoms with Gasteiger partial charge in [0.25, 0.3) is 5.70 Å². The zero-order valence-corrected chi connectivity index (χ0v) is 6.62. The molecule has 0 radical (unpaired) electrons. The van der Waals surface area contributed by atoms with Gasteiger partial charge in [0.15, 0.2) is 0 Å². The maximum absolute atomic E-state index is 10.6. The van der Waals surface area contributed by atoms with Crippen molar-refractivity contribution in [2.24, 2.45) is 0 Å². The second-order valence-corrected chi connectivity index (χ2v) is 3.00. The second kappa shape index (κ2) is 2.59. The predicted octanol–water partition coefficient (Wildman–Crippen LogP) is 2.20. The lowest BCUT2D eigenvalue weighted by molar-refractivity contribution is -0.421. The van der Waals surface area contributed by atoms with E-state index in [1.54, 1.807) is 6.08 Å². The first-order valence-electron chi connectivity index (χ1n) is 4.02. The lowest BCUT2D eigenvalue weighted by Crippen LogP contribution is -2.05. The Hall–Kier alpha value is -1.38. The van der Waals surface area contributed by atoms with E-state index in [9.17, 15) is 10.1 Å². The summed E-state index contributed by atoms with van der Waals surface area (Å²) in [6.07, 6.45) is 8.23. The standard InChI is InChI=1S/C9H9NO2/c11-10(12)9-6-2-4-7-3-1-5-8(7)9/h1,3,6H,2,4-5H2. The summed E-state index contributed by atoms with van der Waals surface area (Å²) in [7, 11) is 0. The summed E-state index contributed by atoms with van der Waals surface area (Å²) in [6.45, 7) is 0. The van der Waals surface area contributed by atoms with Crippen LogP contribution in [0.15, 0.2) is 35.1 Å². The van der Waals surface area contributed by atoms with Crippen molar-refractivity contribution in [3.63, 3.8) is 0 Å². The topological polar surface area (TPSA) is 43.1 Å². The minimum atomic E-state index is -0.276. The average molecular weight is 163 g/mol. The molecule has 2 aliphatic rings. The van der Waals surface area contributed by atoms with E-state index >= 15 is 0 Å². The molecule has 3 heteroatoms. The van der Waals surface area contributed by atoms with Gasteiger partial charge >= 0.3 is 0 Å². The lowest BCUT2D eigenvalue weighted by atomic mass is 9.97. The summed E-state index contributed by atoms with van der Waals surface area (Å²) >= 11 is 0. The first-order valence-corrected chi connectivity index (χ1v) is 4.02. The maximum atomic E-state index is 10.6. The first-order chi connectivity index (χ1) is 5.79. The lowest BCUT2D eigenvalue weighted by Gasteiger charge is -2.08. The van der Waals surface area contributed by atoms with Gasteiger partial charge in [0.2, 0.25) is 0 Å². The van der Waals surface area contributed by atoms with Crippen LogP contribution >= 0.6 is 0 Å². The molecular weight excluding hydrogens is 154 g/mol. The molecule has 0 saturated carbocycles. The molecule has 2 aliphatic carbocycles. The van der Waals surface area contributed by atoms with Crippen LogP contribution in [-0.2, 0) is 0 Å². The Bertz CT molecular complexity index is 323. The van der Waals surface area contributed by atoms with E-state index in [0.29, 0.717) is 5.70 Å². The van der Waals surface area contributed by atoms with Gasteiger partial charge in [-0.25, -0.2) is 0 Å². The van der Waals surface area contributed by atoms with E-state index in [4.69, 9.17) is 0 Å². The van der Waals surface area contributed by atoms with E-state index < -0.39 is 0 Å². The smallest absolute Gasteiger partial charge is 0.258 e. The van der Waals surface area contributed by atoms with Crippen molar-refractivity contribution in [1.29, 1.82) is 0 Å². The van der Waals surface area contributed by atoms with E-state index in [0.717, 1.165) is 30.4 Å². The summed E-state index contributed by atoms with van der Waals surface area (Å²) < 4.78 is 0. The number of hydrogen-bond donors (Lipinski definition) is 0. The number of hydrogen-bond acceptors (Lipinski definition) is 2. The molecule has 0 amide bonds. The Balaban J connectivity index is 2.37. The van der Waals surface area contributed by atoms with Crippen molar-refractivity contribution in [3.8, 4) is 0 Å². The Kier molecular flexibility index (Phi) is 1.57. The zero-order valence-electron chi connectivity index (χ0n) is 6.62. The van der Waals surface area contributed by atoms with Crippen molar-refractivity contribution in [3.05, 3.63) is 45.2 Å². The van der Waals surface area contributed by atoms with Crippen LogP contribution in [0, 0.1) is 10.1 Å². The number of nitro groups is 1. The monoisotopic (exact) mass is 163 g/mol. The van der Waals surface area contributed by atoms with Crippen molar-refractivity contribution in [2.45, 2.75) is 19.3 Å². The van der Waals surface area contributed by atoms with Gasteiger partial charge in [-0.05, 0) is 30.9 Å². The van der Waals surface area contributed by atoms with Gasteiger partial charge in [0.05, 0.1) is 4.92 Å². The molecule has 0 unspecified atom stereocenters. The van der Waals surface area contributed by atoms with Crippen LogP contribution in [0.4, 0.5) is 0 Å². The molecule has 12 heavy (non-hydrogen) atoms. The molecular formula is C9H9NO2. The van der Waals surface area contributed by atoms with E-state index in [1.807, 2.05) is 12.2 Å². The summed E-state index contributed by atoms with van der Waals surface area (Å²) in [6, 6.07) is 0. The van der Waals surface area contributed by atoms with Crippen LogP contribution < -0.4 is 0 Å². The van der Waals surface area contributed by atoms with E-state index in [1.165, 1.54) is 0 Å². The highest BCUT2D eigenvalue weighted by Gasteiger charge is 2.24. The van der Waals surface area contributed by atoms with E-state index in [-0.39, 0.29) is 4.92 Å². The maximum Gasteiger partial charge on any atom is 0.269 e. The van der Waals surface area contributed by atoms with Crippen LogP contribution in [0.1, 0.15) is 19.3 Å². The fourth-order valence-corrected chi connectivity index (χ4v) is 1.73. The summed E-state index contributed by atoms with van der Waals surface area (Å²) in [4.78, 5) is 10.3. The highest BCUT2D eigenvalue weighted by molar-refractivity contribution is 5.45. The molecule has 0 fully saturated rings. The molecule has 0 aromatic carbocycles. The summed E-state index contributed by atoms with van der Waals surface area (Å²) in [5.41, 5.74) is 2.40. The van der Waals surface area contributed by atoms with Crippen molar-refractivity contribution in [2.75, 3.05) is 0 Å². The zero-order chi connectivity index (χ0) is 8.55. The summed E-state index contributed by atoms with van der Waals surface area (Å²) in [5, 5.41) is 10.6. The van der Waals surface area contributed by atoms with Gasteiger partial charge < -0.3 is 0 Å². The van der Waals surface area contributed by atoms with Crippen molar-refractivity contribution < 1.29 is 4.92 Å². The first kappa shape index (κ1) is 7.28. The van der Waals surface area contributed by atoms with Gasteiger partial charge in [-0.15, -0.1) is 0 Å². The van der Waals surface area contributed by atoms with Gasteiger partial charge in [-0.1, -0.05) is 12.2 Å². The van der Waals surface area contributed by atoms with Gasteiger partial charge in [-0.3, -0.25) is 10.1 Å². The van der Waals surface area contributed by atoms with Crippen LogP contribution in [0.5, 0.6) is 0 Å². The molecule has 0 spiro atoms. The van der Waals surface area contributed by atoms with Gasteiger partial charge in [0.1, 0.15) is 0 Å². The summed E-state index contributed by atoms with van der Waals surface area (Å²) in [5.74, 6) is 0. The molecule has 62 valence electrons. The Labute approximate surface area is 70.2 Å². The van der Waals surface area contributed by atoms with Crippen LogP contribution in [0.2, 0.25) is 0 Å². The third kappa shape index (κ3) is 0.978. The third-order valence-corrected chi connectivity index (χ3v) is 2.29. The Morgan fingerprint density at radius 2 is 2.33 bits per heavy atom. The fraction of sp³-hybridized carbons (Fsp3) is 0.333. The fourth-order valence-electron chi connectivity index (χ4n) is 1.73. The average Bonchev–Trinajstić information content (AvgIpc) is 2.49. The molecule has 0 N–H and O–H groups in total. The molecule has 0 saturated heterocycles. The predicted molar refractivity (Wildman–Crippen MR) is 45.1 cm³/mol. The van der Waals surface area contributed by atoms with Gasteiger partial charge in [0, 0.05) is 5.57 Å². The molecule has 0 aromatic rings. The SMILES string of the molecule is O=[N+]([O-])C1=CCCC2=C1CC=C2.